The number of halogens is 1. The number of ether oxygens (including phenoxy) is 1. The molecule has 21 heavy (non-hydrogen) atoms. The molecule has 2 rings (SSSR count). The molecule has 1 heterocycles. The Labute approximate surface area is 133 Å². The van der Waals surface area contributed by atoms with E-state index in [9.17, 15) is 4.79 Å². The van der Waals surface area contributed by atoms with Gasteiger partial charge in [0.2, 0.25) is 5.91 Å². The van der Waals surface area contributed by atoms with Gasteiger partial charge in [-0.2, -0.15) is 0 Å². The van der Waals surface area contributed by atoms with Crippen LogP contribution in [0.25, 0.3) is 0 Å². The highest BCUT2D eigenvalue weighted by Gasteiger charge is 2.16. The zero-order valence-electron chi connectivity index (χ0n) is 12.8. The summed E-state index contributed by atoms with van der Waals surface area (Å²) in [6, 6.07) is 6.67. The molecule has 1 aliphatic rings. The minimum Gasteiger partial charge on any atom is -0.378 e. The standard InChI is InChI=1S/C16H24N2O2.ClH/c1-12-7-13(2)9-14(8-12)3-4-18-16(19)10-15-11-20-6-5-17-15;/h7-9,15,17H,3-6,10-11H2,1-2H3,(H,18,19);1H. The van der Waals surface area contributed by atoms with Crippen molar-refractivity contribution in [3.05, 3.63) is 34.9 Å². The fourth-order valence-corrected chi connectivity index (χ4v) is 2.61. The number of aryl methyl sites for hydroxylation is 2. The van der Waals surface area contributed by atoms with Gasteiger partial charge in [0.15, 0.2) is 0 Å². The molecule has 1 fully saturated rings. The van der Waals surface area contributed by atoms with Crippen LogP contribution in [-0.4, -0.2) is 38.3 Å². The van der Waals surface area contributed by atoms with E-state index in [2.05, 4.69) is 42.7 Å². The lowest BCUT2D eigenvalue weighted by Gasteiger charge is -2.23. The van der Waals surface area contributed by atoms with E-state index in [0.29, 0.717) is 19.6 Å². The third-order valence-corrected chi connectivity index (χ3v) is 3.45. The molecule has 1 unspecified atom stereocenters. The topological polar surface area (TPSA) is 50.4 Å². The molecule has 4 nitrogen and oxygen atoms in total. The molecule has 1 atom stereocenters. The van der Waals surface area contributed by atoms with Crippen molar-refractivity contribution >= 4 is 18.3 Å². The average molecular weight is 313 g/mol. The Morgan fingerprint density at radius 2 is 2.05 bits per heavy atom. The Bertz CT molecular complexity index is 439. The molecule has 1 aromatic carbocycles. The van der Waals surface area contributed by atoms with Gasteiger partial charge in [0, 0.05) is 25.6 Å². The number of carbonyl (C=O) groups excluding carboxylic acids is 1. The van der Waals surface area contributed by atoms with Crippen molar-refractivity contribution in [1.82, 2.24) is 10.6 Å². The first kappa shape index (κ1) is 18.0. The van der Waals surface area contributed by atoms with Gasteiger partial charge in [-0.05, 0) is 25.8 Å². The number of benzene rings is 1. The summed E-state index contributed by atoms with van der Waals surface area (Å²) in [6.45, 7) is 7.10. The van der Waals surface area contributed by atoms with Crippen molar-refractivity contribution in [3.8, 4) is 0 Å². The third-order valence-electron chi connectivity index (χ3n) is 3.45. The van der Waals surface area contributed by atoms with Gasteiger partial charge in [-0.1, -0.05) is 29.3 Å². The predicted octanol–water partition coefficient (Wildman–Crippen LogP) is 1.76. The number of hydrogen-bond donors (Lipinski definition) is 2. The van der Waals surface area contributed by atoms with Crippen molar-refractivity contribution in [2.24, 2.45) is 0 Å². The zero-order chi connectivity index (χ0) is 14.4. The number of rotatable bonds is 5. The molecule has 1 amide bonds. The van der Waals surface area contributed by atoms with Crippen molar-refractivity contribution < 1.29 is 9.53 Å². The normalized spacial score (nSPS) is 17.9. The Morgan fingerprint density at radius 1 is 1.33 bits per heavy atom. The number of hydrogen-bond acceptors (Lipinski definition) is 3. The molecule has 0 aromatic heterocycles. The van der Waals surface area contributed by atoms with E-state index in [0.717, 1.165) is 19.6 Å². The smallest absolute Gasteiger partial charge is 0.221 e. The van der Waals surface area contributed by atoms with Crippen LogP contribution in [0.1, 0.15) is 23.1 Å². The molecule has 1 saturated heterocycles. The van der Waals surface area contributed by atoms with E-state index in [4.69, 9.17) is 4.74 Å². The third kappa shape index (κ3) is 6.46. The average Bonchev–Trinajstić information content (AvgIpc) is 2.38. The summed E-state index contributed by atoms with van der Waals surface area (Å²) in [7, 11) is 0. The minimum absolute atomic E-state index is 0. The number of amides is 1. The van der Waals surface area contributed by atoms with Crippen LogP contribution in [0.4, 0.5) is 0 Å². The summed E-state index contributed by atoms with van der Waals surface area (Å²) in [5, 5.41) is 6.27. The molecule has 0 aliphatic carbocycles. The van der Waals surface area contributed by atoms with E-state index in [1.165, 1.54) is 16.7 Å². The van der Waals surface area contributed by atoms with Crippen molar-refractivity contribution in [1.29, 1.82) is 0 Å². The molecular formula is C16H25ClN2O2. The van der Waals surface area contributed by atoms with Gasteiger partial charge in [0.1, 0.15) is 0 Å². The van der Waals surface area contributed by atoms with E-state index >= 15 is 0 Å². The molecule has 1 aliphatic heterocycles. The molecular weight excluding hydrogens is 288 g/mol. The van der Waals surface area contributed by atoms with Crippen LogP contribution < -0.4 is 10.6 Å². The molecule has 0 radical (unpaired) electrons. The number of carbonyl (C=O) groups is 1. The van der Waals surface area contributed by atoms with Crippen LogP contribution in [-0.2, 0) is 16.0 Å². The molecule has 5 heteroatoms. The molecule has 1 aromatic rings. The lowest BCUT2D eigenvalue weighted by molar-refractivity contribution is -0.122. The summed E-state index contributed by atoms with van der Waals surface area (Å²) < 4.78 is 5.34. The van der Waals surface area contributed by atoms with Gasteiger partial charge in [0.05, 0.1) is 13.2 Å². The monoisotopic (exact) mass is 312 g/mol. The highest BCUT2D eigenvalue weighted by molar-refractivity contribution is 5.85. The van der Waals surface area contributed by atoms with E-state index < -0.39 is 0 Å². The van der Waals surface area contributed by atoms with Crippen LogP contribution >= 0.6 is 12.4 Å². The first-order chi connectivity index (χ1) is 9.63. The summed E-state index contributed by atoms with van der Waals surface area (Å²) in [6.07, 6.45) is 1.37. The van der Waals surface area contributed by atoms with Crippen molar-refractivity contribution in [3.63, 3.8) is 0 Å². The van der Waals surface area contributed by atoms with Gasteiger partial charge in [-0.3, -0.25) is 4.79 Å². The summed E-state index contributed by atoms with van der Waals surface area (Å²) in [5.41, 5.74) is 3.83. The first-order valence-corrected chi connectivity index (χ1v) is 7.28. The largest absolute Gasteiger partial charge is 0.378 e. The lowest BCUT2D eigenvalue weighted by Crippen LogP contribution is -2.44. The first-order valence-electron chi connectivity index (χ1n) is 7.28. The van der Waals surface area contributed by atoms with E-state index in [1.54, 1.807) is 0 Å². The van der Waals surface area contributed by atoms with Gasteiger partial charge in [-0.25, -0.2) is 0 Å². The Morgan fingerprint density at radius 3 is 2.67 bits per heavy atom. The second kappa shape index (κ2) is 9.03. The molecule has 118 valence electrons. The molecule has 0 spiro atoms. The Kier molecular flexibility index (Phi) is 7.72. The maximum atomic E-state index is 11.8. The quantitative estimate of drug-likeness (QED) is 0.871. The second-order valence-corrected chi connectivity index (χ2v) is 5.53. The summed E-state index contributed by atoms with van der Waals surface area (Å²) in [4.78, 5) is 11.8. The van der Waals surface area contributed by atoms with Gasteiger partial charge in [-0.15, -0.1) is 12.4 Å². The van der Waals surface area contributed by atoms with Crippen molar-refractivity contribution in [2.45, 2.75) is 32.7 Å². The van der Waals surface area contributed by atoms with Crippen molar-refractivity contribution in [2.75, 3.05) is 26.3 Å². The lowest BCUT2D eigenvalue weighted by atomic mass is 10.1. The maximum absolute atomic E-state index is 11.8. The predicted molar refractivity (Wildman–Crippen MR) is 87.1 cm³/mol. The van der Waals surface area contributed by atoms with E-state index in [-0.39, 0.29) is 24.4 Å². The van der Waals surface area contributed by atoms with Crippen LogP contribution in [0.15, 0.2) is 18.2 Å². The molecule has 0 bridgehead atoms. The van der Waals surface area contributed by atoms with Gasteiger partial charge < -0.3 is 15.4 Å². The fraction of sp³-hybridized carbons (Fsp3) is 0.562. The van der Waals surface area contributed by atoms with Crippen LogP contribution in [0.2, 0.25) is 0 Å². The summed E-state index contributed by atoms with van der Waals surface area (Å²) >= 11 is 0. The van der Waals surface area contributed by atoms with Crippen LogP contribution in [0.3, 0.4) is 0 Å². The molecule has 0 saturated carbocycles. The highest BCUT2D eigenvalue weighted by atomic mass is 35.5. The SMILES string of the molecule is Cc1cc(C)cc(CCNC(=O)CC2COCCN2)c1.Cl. The summed E-state index contributed by atoms with van der Waals surface area (Å²) in [5.74, 6) is 0.0948. The number of nitrogens with one attached hydrogen (secondary N) is 2. The Balaban J connectivity index is 0.00000220. The minimum atomic E-state index is 0. The van der Waals surface area contributed by atoms with Crippen LogP contribution in [0, 0.1) is 13.8 Å². The molecule has 2 N–H and O–H groups in total. The number of morpholine rings is 1. The van der Waals surface area contributed by atoms with Gasteiger partial charge >= 0.3 is 0 Å². The zero-order valence-corrected chi connectivity index (χ0v) is 13.6. The second-order valence-electron chi connectivity index (χ2n) is 5.53. The maximum Gasteiger partial charge on any atom is 0.221 e. The van der Waals surface area contributed by atoms with Crippen LogP contribution in [0.5, 0.6) is 0 Å². The van der Waals surface area contributed by atoms with Gasteiger partial charge in [0.25, 0.3) is 0 Å². The highest BCUT2D eigenvalue weighted by Crippen LogP contribution is 2.09. The fourth-order valence-electron chi connectivity index (χ4n) is 2.61. The van der Waals surface area contributed by atoms with E-state index in [1.807, 2.05) is 0 Å². The Hall–Kier alpha value is -1.10.